The molecule has 0 amide bonds. The molecule has 0 aliphatic rings. The normalized spacial score (nSPS) is 11.5. The number of benzene rings is 1. The van der Waals surface area contributed by atoms with Crippen LogP contribution in [-0.2, 0) is 4.74 Å². The lowest BCUT2D eigenvalue weighted by atomic mass is 10.1. The molecule has 0 atom stereocenters. The summed E-state index contributed by atoms with van der Waals surface area (Å²) in [5, 5.41) is 8.77. The van der Waals surface area contributed by atoms with Gasteiger partial charge in [0.1, 0.15) is 0 Å². The fourth-order valence-corrected chi connectivity index (χ4v) is 2.37. The van der Waals surface area contributed by atoms with Gasteiger partial charge in [-0.3, -0.25) is 0 Å². The van der Waals surface area contributed by atoms with Crippen molar-refractivity contribution < 1.29 is 14.6 Å². The molecule has 3 nitrogen and oxygen atoms in total. The average Bonchev–Trinajstić information content (AvgIpc) is 2.29. The predicted molar refractivity (Wildman–Crippen MR) is 69.8 cm³/mol. The lowest BCUT2D eigenvalue weighted by Gasteiger charge is -2.22. The number of ether oxygens (including phenoxy) is 1. The van der Waals surface area contributed by atoms with Crippen LogP contribution in [0.4, 0.5) is 0 Å². The Bertz CT molecular complexity index is 371. The molecule has 0 saturated heterocycles. The first-order valence-corrected chi connectivity index (χ1v) is 6.44. The number of hydrogen-bond acceptors (Lipinski definition) is 3. The van der Waals surface area contributed by atoms with Crippen molar-refractivity contribution in [1.29, 1.82) is 0 Å². The SMILES string of the molecule is COC(C)(C)CCSc1ccc(C(=O)O)cc1. The van der Waals surface area contributed by atoms with Gasteiger partial charge in [0.2, 0.25) is 0 Å². The molecule has 94 valence electrons. The van der Waals surface area contributed by atoms with Crippen LogP contribution in [0.1, 0.15) is 30.6 Å². The van der Waals surface area contributed by atoms with E-state index < -0.39 is 5.97 Å². The Morgan fingerprint density at radius 1 is 1.35 bits per heavy atom. The van der Waals surface area contributed by atoms with E-state index in [1.54, 1.807) is 31.0 Å². The highest BCUT2D eigenvalue weighted by molar-refractivity contribution is 7.99. The molecule has 0 fully saturated rings. The van der Waals surface area contributed by atoms with Crippen molar-refractivity contribution in [2.45, 2.75) is 30.8 Å². The van der Waals surface area contributed by atoms with E-state index in [4.69, 9.17) is 9.84 Å². The third kappa shape index (κ3) is 4.79. The number of methoxy groups -OCH3 is 1. The van der Waals surface area contributed by atoms with Crippen LogP contribution in [0.15, 0.2) is 29.2 Å². The lowest BCUT2D eigenvalue weighted by molar-refractivity contribution is 0.0206. The van der Waals surface area contributed by atoms with Crippen LogP contribution in [0.3, 0.4) is 0 Å². The van der Waals surface area contributed by atoms with Crippen LogP contribution in [0, 0.1) is 0 Å². The monoisotopic (exact) mass is 254 g/mol. The number of hydrogen-bond donors (Lipinski definition) is 1. The zero-order valence-electron chi connectivity index (χ0n) is 10.4. The summed E-state index contributed by atoms with van der Waals surface area (Å²) >= 11 is 1.71. The highest BCUT2D eigenvalue weighted by atomic mass is 32.2. The maximum atomic E-state index is 10.7. The minimum Gasteiger partial charge on any atom is -0.478 e. The highest BCUT2D eigenvalue weighted by Crippen LogP contribution is 2.23. The van der Waals surface area contributed by atoms with Gasteiger partial charge in [-0.15, -0.1) is 11.8 Å². The topological polar surface area (TPSA) is 46.5 Å². The fourth-order valence-electron chi connectivity index (χ4n) is 1.21. The molecule has 0 aliphatic carbocycles. The zero-order chi connectivity index (χ0) is 12.9. The minimum atomic E-state index is -0.887. The van der Waals surface area contributed by atoms with Crippen molar-refractivity contribution in [3.8, 4) is 0 Å². The van der Waals surface area contributed by atoms with E-state index in [1.807, 2.05) is 12.1 Å². The van der Waals surface area contributed by atoms with E-state index in [1.165, 1.54) is 0 Å². The van der Waals surface area contributed by atoms with E-state index in [0.717, 1.165) is 17.1 Å². The number of carboxylic acids is 1. The molecule has 1 aromatic rings. The maximum Gasteiger partial charge on any atom is 0.335 e. The molecular weight excluding hydrogens is 236 g/mol. The van der Waals surface area contributed by atoms with Crippen LogP contribution in [0.25, 0.3) is 0 Å². The van der Waals surface area contributed by atoms with Crippen molar-refractivity contribution in [3.63, 3.8) is 0 Å². The van der Waals surface area contributed by atoms with E-state index in [9.17, 15) is 4.79 Å². The van der Waals surface area contributed by atoms with Crippen LogP contribution < -0.4 is 0 Å². The van der Waals surface area contributed by atoms with Crippen LogP contribution in [0.5, 0.6) is 0 Å². The van der Waals surface area contributed by atoms with Gasteiger partial charge < -0.3 is 9.84 Å². The van der Waals surface area contributed by atoms with Crippen LogP contribution >= 0.6 is 11.8 Å². The molecule has 0 saturated carbocycles. The highest BCUT2D eigenvalue weighted by Gasteiger charge is 2.15. The average molecular weight is 254 g/mol. The van der Waals surface area contributed by atoms with Crippen molar-refractivity contribution in [2.24, 2.45) is 0 Å². The third-order valence-electron chi connectivity index (χ3n) is 2.63. The first kappa shape index (κ1) is 14.1. The number of thioether (sulfide) groups is 1. The fraction of sp³-hybridized carbons (Fsp3) is 0.462. The van der Waals surface area contributed by atoms with Gasteiger partial charge >= 0.3 is 5.97 Å². The second-order valence-electron chi connectivity index (χ2n) is 4.39. The molecule has 1 rings (SSSR count). The van der Waals surface area contributed by atoms with Crippen LogP contribution in [-0.4, -0.2) is 29.5 Å². The van der Waals surface area contributed by atoms with E-state index in [0.29, 0.717) is 5.56 Å². The van der Waals surface area contributed by atoms with Gasteiger partial charge in [-0.25, -0.2) is 4.79 Å². The smallest absolute Gasteiger partial charge is 0.335 e. The summed E-state index contributed by atoms with van der Waals surface area (Å²) in [5.74, 6) is 0.0647. The Morgan fingerprint density at radius 3 is 2.41 bits per heavy atom. The van der Waals surface area contributed by atoms with Gasteiger partial charge in [-0.2, -0.15) is 0 Å². The number of rotatable bonds is 6. The van der Waals surface area contributed by atoms with Gasteiger partial charge in [0.15, 0.2) is 0 Å². The van der Waals surface area contributed by atoms with Gasteiger partial charge in [-0.1, -0.05) is 0 Å². The van der Waals surface area contributed by atoms with Crippen molar-refractivity contribution in [3.05, 3.63) is 29.8 Å². The summed E-state index contributed by atoms with van der Waals surface area (Å²) < 4.78 is 5.34. The first-order valence-electron chi connectivity index (χ1n) is 5.46. The largest absolute Gasteiger partial charge is 0.478 e. The Morgan fingerprint density at radius 2 is 1.94 bits per heavy atom. The van der Waals surface area contributed by atoms with Crippen molar-refractivity contribution in [2.75, 3.05) is 12.9 Å². The lowest BCUT2D eigenvalue weighted by Crippen LogP contribution is -2.22. The zero-order valence-corrected chi connectivity index (χ0v) is 11.2. The van der Waals surface area contributed by atoms with Crippen molar-refractivity contribution in [1.82, 2.24) is 0 Å². The Balaban J connectivity index is 2.45. The molecule has 1 N–H and O–H groups in total. The second-order valence-corrected chi connectivity index (χ2v) is 5.56. The summed E-state index contributed by atoms with van der Waals surface area (Å²) in [7, 11) is 1.71. The quantitative estimate of drug-likeness (QED) is 0.791. The Hall–Kier alpha value is -1.00. The summed E-state index contributed by atoms with van der Waals surface area (Å²) in [5.41, 5.74) is 0.222. The summed E-state index contributed by atoms with van der Waals surface area (Å²) in [6.45, 7) is 4.11. The van der Waals surface area contributed by atoms with Gasteiger partial charge in [0, 0.05) is 17.8 Å². The second kappa shape index (κ2) is 6.07. The van der Waals surface area contributed by atoms with E-state index >= 15 is 0 Å². The molecule has 4 heteroatoms. The minimum absolute atomic E-state index is 0.103. The molecule has 0 heterocycles. The molecule has 0 aromatic heterocycles. The molecule has 0 spiro atoms. The van der Waals surface area contributed by atoms with Gasteiger partial charge in [0.05, 0.1) is 11.2 Å². The third-order valence-corrected chi connectivity index (χ3v) is 3.64. The number of carbonyl (C=O) groups is 1. The standard InChI is InChI=1S/C13H18O3S/c1-13(2,16-3)8-9-17-11-6-4-10(5-7-11)12(14)15/h4-7H,8-9H2,1-3H3,(H,14,15). The molecule has 0 bridgehead atoms. The summed E-state index contributed by atoms with van der Waals surface area (Å²) in [6, 6.07) is 6.94. The summed E-state index contributed by atoms with van der Waals surface area (Å²) in [6.07, 6.45) is 0.953. The molecule has 17 heavy (non-hydrogen) atoms. The van der Waals surface area contributed by atoms with Crippen LogP contribution in [0.2, 0.25) is 0 Å². The maximum absolute atomic E-state index is 10.7. The molecule has 0 unspecified atom stereocenters. The van der Waals surface area contributed by atoms with Gasteiger partial charge in [-0.05, 0) is 44.5 Å². The Kier molecular flexibility index (Phi) is 5.02. The number of aromatic carboxylic acids is 1. The molecular formula is C13H18O3S. The first-order chi connectivity index (χ1) is 7.94. The van der Waals surface area contributed by atoms with Crippen molar-refractivity contribution >= 4 is 17.7 Å². The molecule has 0 aliphatic heterocycles. The predicted octanol–water partition coefficient (Wildman–Crippen LogP) is 3.29. The molecule has 0 radical (unpaired) electrons. The van der Waals surface area contributed by atoms with E-state index in [2.05, 4.69) is 13.8 Å². The van der Waals surface area contributed by atoms with E-state index in [-0.39, 0.29) is 5.60 Å². The van der Waals surface area contributed by atoms with Gasteiger partial charge in [0.25, 0.3) is 0 Å². The molecule has 1 aromatic carbocycles. The number of carboxylic acid groups (broad SMARTS) is 1. The Labute approximate surface area is 106 Å². The summed E-state index contributed by atoms with van der Waals surface area (Å²) in [4.78, 5) is 11.8.